The van der Waals surface area contributed by atoms with Crippen molar-refractivity contribution in [2.24, 2.45) is 0 Å². The summed E-state index contributed by atoms with van der Waals surface area (Å²) in [5, 5.41) is 3.32. The van der Waals surface area contributed by atoms with Gasteiger partial charge in [0.05, 0.1) is 11.7 Å². The van der Waals surface area contributed by atoms with Crippen molar-refractivity contribution in [1.29, 1.82) is 0 Å². The number of halogens is 1. The molecule has 2 aromatic heterocycles. The summed E-state index contributed by atoms with van der Waals surface area (Å²) in [6.45, 7) is 1.85. The van der Waals surface area contributed by atoms with Crippen molar-refractivity contribution < 1.29 is 0 Å². The molecule has 0 radical (unpaired) electrons. The third-order valence-corrected chi connectivity index (χ3v) is 6.32. The van der Waals surface area contributed by atoms with E-state index in [1.807, 2.05) is 29.6 Å². The Bertz CT molecular complexity index is 965. The third-order valence-electron chi connectivity index (χ3n) is 5.10. The molecule has 0 N–H and O–H groups in total. The van der Waals surface area contributed by atoms with Gasteiger partial charge < -0.3 is 4.90 Å². The highest BCUT2D eigenvalue weighted by molar-refractivity contribution is 7.17. The topological polar surface area (TPSA) is 38.1 Å². The number of thiophene rings is 1. The summed E-state index contributed by atoms with van der Waals surface area (Å²) in [6.07, 6.45) is 5.13. The van der Waals surface area contributed by atoms with Crippen molar-refractivity contribution in [2.45, 2.75) is 31.8 Å². The van der Waals surface area contributed by atoms with Gasteiger partial charge in [0, 0.05) is 34.1 Å². The third kappa shape index (κ3) is 3.12. The first-order chi connectivity index (χ1) is 12.1. The van der Waals surface area contributed by atoms with E-state index in [1.54, 1.807) is 10.9 Å². The van der Waals surface area contributed by atoms with Crippen LogP contribution in [-0.4, -0.2) is 34.1 Å². The van der Waals surface area contributed by atoms with Crippen molar-refractivity contribution in [3.63, 3.8) is 0 Å². The maximum atomic E-state index is 13.1. The zero-order valence-electron chi connectivity index (χ0n) is 14.1. The van der Waals surface area contributed by atoms with Gasteiger partial charge in [-0.25, -0.2) is 4.98 Å². The number of benzene rings is 1. The van der Waals surface area contributed by atoms with E-state index in [4.69, 9.17) is 11.6 Å². The smallest absolute Gasteiger partial charge is 0.262 e. The fourth-order valence-electron chi connectivity index (χ4n) is 3.64. The van der Waals surface area contributed by atoms with Crippen LogP contribution in [0, 0.1) is 0 Å². The molecule has 25 heavy (non-hydrogen) atoms. The number of fused-ring (bicyclic) bond motifs is 1. The minimum Gasteiger partial charge on any atom is -0.303 e. The maximum Gasteiger partial charge on any atom is 0.262 e. The van der Waals surface area contributed by atoms with Gasteiger partial charge in [-0.15, -0.1) is 11.3 Å². The van der Waals surface area contributed by atoms with E-state index in [9.17, 15) is 4.79 Å². The lowest BCUT2D eigenvalue weighted by atomic mass is 10.1. The summed E-state index contributed by atoms with van der Waals surface area (Å²) in [5.41, 5.74) is 1.81. The Labute approximate surface area is 155 Å². The van der Waals surface area contributed by atoms with Crippen molar-refractivity contribution in [2.75, 3.05) is 13.6 Å². The minimum absolute atomic E-state index is 0.0295. The lowest BCUT2D eigenvalue weighted by molar-refractivity contribution is 0.285. The SMILES string of the molecule is CN1CCC[C@@H]1CCn1cnc2scc(-c3ccccc3Cl)c2c1=O. The molecular weight excluding hydrogens is 354 g/mol. The molecule has 1 aliphatic rings. The lowest BCUT2D eigenvalue weighted by Crippen LogP contribution is -2.28. The van der Waals surface area contributed by atoms with E-state index in [2.05, 4.69) is 16.9 Å². The van der Waals surface area contributed by atoms with Gasteiger partial charge >= 0.3 is 0 Å². The van der Waals surface area contributed by atoms with E-state index in [-0.39, 0.29) is 5.56 Å². The fraction of sp³-hybridized carbons (Fsp3) is 0.368. The number of hydrogen-bond donors (Lipinski definition) is 0. The van der Waals surface area contributed by atoms with Gasteiger partial charge in [0.2, 0.25) is 0 Å². The van der Waals surface area contributed by atoms with Crippen molar-refractivity contribution in [3.8, 4) is 11.1 Å². The Balaban J connectivity index is 1.71. The average Bonchev–Trinajstić information content (AvgIpc) is 3.21. The summed E-state index contributed by atoms with van der Waals surface area (Å²) < 4.78 is 1.75. The van der Waals surface area contributed by atoms with E-state index in [1.165, 1.54) is 24.2 Å². The van der Waals surface area contributed by atoms with Crippen molar-refractivity contribution in [3.05, 3.63) is 51.3 Å². The number of aromatic nitrogens is 2. The average molecular weight is 374 g/mol. The molecule has 1 atom stereocenters. The van der Waals surface area contributed by atoms with Crippen LogP contribution in [0.1, 0.15) is 19.3 Å². The number of nitrogens with zero attached hydrogens (tertiary/aromatic N) is 3. The molecule has 0 aliphatic carbocycles. The van der Waals surface area contributed by atoms with Crippen LogP contribution in [-0.2, 0) is 6.54 Å². The first-order valence-corrected chi connectivity index (χ1v) is 9.82. The standard InChI is InChI=1S/C19H20ClN3OS/c1-22-9-4-5-13(22)8-10-23-12-21-18-17(19(23)24)15(11-25-18)14-6-2-3-7-16(14)20/h2-3,6-7,11-13H,4-5,8-10H2,1H3/t13-/m1/s1. The van der Waals surface area contributed by atoms with Gasteiger partial charge in [-0.1, -0.05) is 29.8 Å². The Kier molecular flexibility index (Phi) is 4.63. The molecule has 6 heteroatoms. The second-order valence-electron chi connectivity index (χ2n) is 6.62. The van der Waals surface area contributed by atoms with Crippen LogP contribution >= 0.6 is 22.9 Å². The molecule has 0 spiro atoms. The van der Waals surface area contributed by atoms with E-state index in [0.717, 1.165) is 28.9 Å². The summed E-state index contributed by atoms with van der Waals surface area (Å²) in [7, 11) is 2.16. The lowest BCUT2D eigenvalue weighted by Gasteiger charge is -2.19. The molecule has 0 amide bonds. The monoisotopic (exact) mass is 373 g/mol. The Hall–Kier alpha value is -1.69. The summed E-state index contributed by atoms with van der Waals surface area (Å²) >= 11 is 7.83. The number of rotatable bonds is 4. The second kappa shape index (κ2) is 6.90. The summed E-state index contributed by atoms with van der Waals surface area (Å²) in [5.74, 6) is 0. The molecule has 1 fully saturated rings. The Morgan fingerprint density at radius 3 is 2.92 bits per heavy atom. The Morgan fingerprint density at radius 1 is 1.32 bits per heavy atom. The fourth-order valence-corrected chi connectivity index (χ4v) is 4.77. The van der Waals surface area contributed by atoms with Crippen LogP contribution in [0.2, 0.25) is 5.02 Å². The highest BCUT2D eigenvalue weighted by Crippen LogP contribution is 2.34. The molecule has 0 bridgehead atoms. The van der Waals surface area contributed by atoms with Gasteiger partial charge in [-0.3, -0.25) is 9.36 Å². The normalized spacial score (nSPS) is 18.2. The van der Waals surface area contributed by atoms with Gasteiger partial charge in [0.15, 0.2) is 0 Å². The molecule has 4 nitrogen and oxygen atoms in total. The van der Waals surface area contributed by atoms with Crippen molar-refractivity contribution >= 4 is 33.2 Å². The Morgan fingerprint density at radius 2 is 2.16 bits per heavy atom. The molecule has 1 aromatic carbocycles. The summed E-state index contributed by atoms with van der Waals surface area (Å²) in [4.78, 5) is 20.7. The molecule has 1 saturated heterocycles. The molecule has 4 rings (SSSR count). The molecule has 3 aromatic rings. The van der Waals surface area contributed by atoms with Crippen LogP contribution in [0.25, 0.3) is 21.3 Å². The predicted molar refractivity (Wildman–Crippen MR) is 105 cm³/mol. The van der Waals surface area contributed by atoms with Crippen LogP contribution in [0.5, 0.6) is 0 Å². The molecular formula is C19H20ClN3OS. The first-order valence-electron chi connectivity index (χ1n) is 8.57. The number of aryl methyl sites for hydroxylation is 1. The number of likely N-dealkylation sites (tertiary alicyclic amines) is 1. The van der Waals surface area contributed by atoms with Gasteiger partial charge in [0.25, 0.3) is 5.56 Å². The van der Waals surface area contributed by atoms with Crippen LogP contribution in [0.15, 0.2) is 40.8 Å². The van der Waals surface area contributed by atoms with Gasteiger partial charge in [-0.05, 0) is 38.9 Å². The highest BCUT2D eigenvalue weighted by atomic mass is 35.5. The highest BCUT2D eigenvalue weighted by Gasteiger charge is 2.21. The predicted octanol–water partition coefficient (Wildman–Crippen LogP) is 4.26. The van der Waals surface area contributed by atoms with Gasteiger partial charge in [0.1, 0.15) is 4.83 Å². The van der Waals surface area contributed by atoms with E-state index < -0.39 is 0 Å². The number of hydrogen-bond acceptors (Lipinski definition) is 4. The largest absolute Gasteiger partial charge is 0.303 e. The van der Waals surface area contributed by atoms with E-state index >= 15 is 0 Å². The maximum absolute atomic E-state index is 13.1. The second-order valence-corrected chi connectivity index (χ2v) is 7.88. The summed E-state index contributed by atoms with van der Waals surface area (Å²) in [6, 6.07) is 8.21. The van der Waals surface area contributed by atoms with Gasteiger partial charge in [-0.2, -0.15) is 0 Å². The van der Waals surface area contributed by atoms with Crippen LogP contribution in [0.4, 0.5) is 0 Å². The molecule has 130 valence electrons. The minimum atomic E-state index is 0.0295. The molecule has 1 aliphatic heterocycles. The molecule has 0 unspecified atom stereocenters. The first kappa shape index (κ1) is 16.8. The molecule has 0 saturated carbocycles. The quantitative estimate of drug-likeness (QED) is 0.685. The van der Waals surface area contributed by atoms with Crippen molar-refractivity contribution in [1.82, 2.24) is 14.5 Å². The van der Waals surface area contributed by atoms with E-state index in [0.29, 0.717) is 23.0 Å². The van der Waals surface area contributed by atoms with Crippen LogP contribution in [0.3, 0.4) is 0 Å². The van der Waals surface area contributed by atoms with Crippen LogP contribution < -0.4 is 5.56 Å². The zero-order chi connectivity index (χ0) is 17.4. The molecule has 3 heterocycles. The zero-order valence-corrected chi connectivity index (χ0v) is 15.7.